The molecule has 2 aromatic carbocycles. The van der Waals surface area contributed by atoms with E-state index < -0.39 is 0 Å². The van der Waals surface area contributed by atoms with Crippen LogP contribution < -0.4 is 15.4 Å². The second-order valence-electron chi connectivity index (χ2n) is 6.46. The Hall–Kier alpha value is -2.04. The molecule has 0 aliphatic carbocycles. The number of rotatable bonds is 7. The van der Waals surface area contributed by atoms with Gasteiger partial charge in [0, 0.05) is 6.54 Å². The Bertz CT molecular complexity index is 655. The normalized spacial score (nSPS) is 16.4. The molecule has 0 saturated carbocycles. The van der Waals surface area contributed by atoms with Crippen LogP contribution in [0.1, 0.15) is 30.4 Å². The lowest BCUT2D eigenvalue weighted by molar-refractivity contribution is -0.123. The van der Waals surface area contributed by atoms with Gasteiger partial charge in [-0.1, -0.05) is 48.9 Å². The van der Waals surface area contributed by atoms with E-state index in [9.17, 15) is 4.79 Å². The van der Waals surface area contributed by atoms with Crippen LogP contribution in [0.25, 0.3) is 0 Å². The zero-order chi connectivity index (χ0) is 17.3. The van der Waals surface area contributed by atoms with Gasteiger partial charge in [0.1, 0.15) is 12.4 Å². The Morgan fingerprint density at radius 2 is 1.81 bits per heavy atom. The van der Waals surface area contributed by atoms with Gasteiger partial charge in [0.2, 0.25) is 5.91 Å². The summed E-state index contributed by atoms with van der Waals surface area (Å²) in [6.45, 7) is 2.19. The summed E-state index contributed by atoms with van der Waals surface area (Å²) in [6.07, 6.45) is 4.08. The van der Waals surface area contributed by atoms with E-state index in [2.05, 4.69) is 34.9 Å². The van der Waals surface area contributed by atoms with Crippen LogP contribution in [0.15, 0.2) is 54.6 Å². The molecule has 1 amide bonds. The number of hydrogen-bond donors (Lipinski definition) is 2. The Labute approximate surface area is 161 Å². The van der Waals surface area contributed by atoms with Crippen LogP contribution >= 0.6 is 12.4 Å². The van der Waals surface area contributed by atoms with Gasteiger partial charge in [0.25, 0.3) is 0 Å². The number of halogens is 1. The number of amides is 1. The van der Waals surface area contributed by atoms with Crippen LogP contribution in [0.5, 0.6) is 5.75 Å². The maximum Gasteiger partial charge on any atom is 0.237 e. The van der Waals surface area contributed by atoms with Crippen LogP contribution in [-0.2, 0) is 17.8 Å². The molecule has 0 aromatic heterocycles. The van der Waals surface area contributed by atoms with Crippen molar-refractivity contribution < 1.29 is 9.53 Å². The second kappa shape index (κ2) is 10.8. The van der Waals surface area contributed by atoms with Gasteiger partial charge in [-0.3, -0.25) is 4.79 Å². The van der Waals surface area contributed by atoms with Crippen molar-refractivity contribution in [2.24, 2.45) is 0 Å². The van der Waals surface area contributed by atoms with E-state index in [0.717, 1.165) is 37.1 Å². The van der Waals surface area contributed by atoms with E-state index in [1.165, 1.54) is 12.0 Å². The standard InChI is InChI=1S/C21H26N2O2.ClH/c24-21(20-8-4-5-14-22-20)23-15-13-17-9-11-19(12-10-17)25-16-18-6-2-1-3-7-18;/h1-3,6-7,9-12,20,22H,4-5,8,13-16H2,(H,23,24);1H/t20-;/m0./s1. The van der Waals surface area contributed by atoms with Gasteiger partial charge in [0.15, 0.2) is 0 Å². The minimum Gasteiger partial charge on any atom is -0.489 e. The predicted octanol–water partition coefficient (Wildman–Crippen LogP) is 3.49. The molecule has 1 heterocycles. The third-order valence-electron chi connectivity index (χ3n) is 4.51. The van der Waals surface area contributed by atoms with E-state index in [1.54, 1.807) is 0 Å². The lowest BCUT2D eigenvalue weighted by atomic mass is 10.0. The summed E-state index contributed by atoms with van der Waals surface area (Å²) in [4.78, 5) is 12.1. The third-order valence-corrected chi connectivity index (χ3v) is 4.51. The predicted molar refractivity (Wildman–Crippen MR) is 107 cm³/mol. The first-order chi connectivity index (χ1) is 12.3. The number of piperidine rings is 1. The first-order valence-corrected chi connectivity index (χ1v) is 9.08. The minimum absolute atomic E-state index is 0. The molecule has 0 unspecified atom stereocenters. The molecule has 4 nitrogen and oxygen atoms in total. The van der Waals surface area contributed by atoms with E-state index in [-0.39, 0.29) is 24.4 Å². The van der Waals surface area contributed by atoms with Gasteiger partial charge in [-0.05, 0) is 49.1 Å². The number of ether oxygens (including phenoxy) is 1. The average Bonchev–Trinajstić information content (AvgIpc) is 2.69. The highest BCUT2D eigenvalue weighted by Crippen LogP contribution is 2.14. The fourth-order valence-electron chi connectivity index (χ4n) is 3.02. The van der Waals surface area contributed by atoms with Crippen molar-refractivity contribution in [3.63, 3.8) is 0 Å². The lowest BCUT2D eigenvalue weighted by Gasteiger charge is -2.22. The molecule has 1 saturated heterocycles. The quantitative estimate of drug-likeness (QED) is 0.780. The Balaban J connectivity index is 0.00000243. The Kier molecular flexibility index (Phi) is 8.45. The van der Waals surface area contributed by atoms with Crippen LogP contribution in [0.3, 0.4) is 0 Å². The smallest absolute Gasteiger partial charge is 0.237 e. The van der Waals surface area contributed by atoms with E-state index in [0.29, 0.717) is 13.2 Å². The first-order valence-electron chi connectivity index (χ1n) is 9.08. The van der Waals surface area contributed by atoms with E-state index >= 15 is 0 Å². The number of nitrogens with one attached hydrogen (secondary N) is 2. The van der Waals surface area contributed by atoms with Crippen LogP contribution in [0.2, 0.25) is 0 Å². The summed E-state index contributed by atoms with van der Waals surface area (Å²) in [5.41, 5.74) is 2.36. The SMILES string of the molecule is Cl.O=C(NCCc1ccc(OCc2ccccc2)cc1)[C@@H]1CCCCN1. The monoisotopic (exact) mass is 374 g/mol. The highest BCUT2D eigenvalue weighted by atomic mass is 35.5. The van der Waals surface area contributed by atoms with Crippen molar-refractivity contribution in [2.45, 2.75) is 38.3 Å². The van der Waals surface area contributed by atoms with Gasteiger partial charge in [-0.25, -0.2) is 0 Å². The van der Waals surface area contributed by atoms with Crippen molar-refractivity contribution in [1.29, 1.82) is 0 Å². The summed E-state index contributed by atoms with van der Waals surface area (Å²) in [7, 11) is 0. The van der Waals surface area contributed by atoms with Crippen molar-refractivity contribution in [3.8, 4) is 5.75 Å². The molecule has 1 atom stereocenters. The summed E-state index contributed by atoms with van der Waals surface area (Å²) in [6, 6.07) is 18.2. The molecule has 0 spiro atoms. The zero-order valence-electron chi connectivity index (χ0n) is 14.9. The van der Waals surface area contributed by atoms with Gasteiger partial charge >= 0.3 is 0 Å². The fraction of sp³-hybridized carbons (Fsp3) is 0.381. The van der Waals surface area contributed by atoms with Crippen molar-refractivity contribution >= 4 is 18.3 Å². The maximum absolute atomic E-state index is 12.1. The summed E-state index contributed by atoms with van der Waals surface area (Å²) >= 11 is 0. The summed E-state index contributed by atoms with van der Waals surface area (Å²) in [5, 5.41) is 6.30. The molecule has 1 fully saturated rings. The third kappa shape index (κ3) is 6.36. The molecular weight excluding hydrogens is 348 g/mol. The fourth-order valence-corrected chi connectivity index (χ4v) is 3.02. The molecule has 26 heavy (non-hydrogen) atoms. The van der Waals surface area contributed by atoms with Gasteiger partial charge < -0.3 is 15.4 Å². The van der Waals surface area contributed by atoms with Gasteiger partial charge in [0.05, 0.1) is 6.04 Å². The molecule has 0 bridgehead atoms. The highest BCUT2D eigenvalue weighted by Gasteiger charge is 2.19. The minimum atomic E-state index is -0.0116. The summed E-state index contributed by atoms with van der Waals surface area (Å²) < 4.78 is 5.79. The van der Waals surface area contributed by atoms with E-state index in [4.69, 9.17) is 4.74 Å². The second-order valence-corrected chi connectivity index (χ2v) is 6.46. The average molecular weight is 375 g/mol. The lowest BCUT2D eigenvalue weighted by Crippen LogP contribution is -2.47. The largest absolute Gasteiger partial charge is 0.489 e. The van der Waals surface area contributed by atoms with E-state index in [1.807, 2.05) is 30.3 Å². The Morgan fingerprint density at radius 3 is 2.50 bits per heavy atom. The first kappa shape index (κ1) is 20.3. The zero-order valence-corrected chi connectivity index (χ0v) is 15.8. The van der Waals surface area contributed by atoms with Gasteiger partial charge in [-0.2, -0.15) is 0 Å². The van der Waals surface area contributed by atoms with Crippen LogP contribution in [-0.4, -0.2) is 25.0 Å². The molecule has 2 aromatic rings. The number of carbonyl (C=O) groups excluding carboxylic acids is 1. The summed E-state index contributed by atoms with van der Waals surface area (Å²) in [5.74, 6) is 0.991. The van der Waals surface area contributed by atoms with Gasteiger partial charge in [-0.15, -0.1) is 12.4 Å². The molecule has 2 N–H and O–H groups in total. The molecule has 1 aliphatic rings. The highest BCUT2D eigenvalue weighted by molar-refractivity contribution is 5.85. The molecule has 140 valence electrons. The van der Waals surface area contributed by atoms with Crippen molar-refractivity contribution in [2.75, 3.05) is 13.1 Å². The molecule has 0 radical (unpaired) electrons. The maximum atomic E-state index is 12.1. The molecule has 5 heteroatoms. The Morgan fingerprint density at radius 1 is 1.04 bits per heavy atom. The molecule has 1 aliphatic heterocycles. The number of carbonyl (C=O) groups is 1. The van der Waals surface area contributed by atoms with Crippen LogP contribution in [0.4, 0.5) is 0 Å². The van der Waals surface area contributed by atoms with Crippen molar-refractivity contribution in [3.05, 3.63) is 65.7 Å². The molecular formula is C21H27ClN2O2. The topological polar surface area (TPSA) is 50.4 Å². The molecule has 3 rings (SSSR count). The van der Waals surface area contributed by atoms with Crippen molar-refractivity contribution in [1.82, 2.24) is 10.6 Å². The number of benzene rings is 2. The number of hydrogen-bond acceptors (Lipinski definition) is 3. The van der Waals surface area contributed by atoms with Crippen LogP contribution in [0, 0.1) is 0 Å².